The van der Waals surface area contributed by atoms with Crippen LogP contribution in [0.3, 0.4) is 0 Å². The fourth-order valence-electron chi connectivity index (χ4n) is 2.93. The minimum Gasteiger partial charge on any atom is -0.369 e. The molecule has 1 aromatic rings. The fourth-order valence-corrected chi connectivity index (χ4v) is 3.17. The van der Waals surface area contributed by atoms with Crippen LogP contribution in [0.5, 0.6) is 0 Å². The zero-order valence-corrected chi connectivity index (χ0v) is 12.3. The highest BCUT2D eigenvalue weighted by atomic mass is 35.5. The maximum absolute atomic E-state index is 6.34. The second kappa shape index (κ2) is 5.94. The molecule has 0 spiro atoms. The van der Waals surface area contributed by atoms with Crippen molar-refractivity contribution in [1.29, 1.82) is 0 Å². The van der Waals surface area contributed by atoms with Crippen molar-refractivity contribution >= 4 is 17.3 Å². The number of nitrogens with zero attached hydrogens (tertiary/aromatic N) is 1. The van der Waals surface area contributed by atoms with Gasteiger partial charge in [-0.05, 0) is 44.9 Å². The lowest BCUT2D eigenvalue weighted by Crippen LogP contribution is -2.41. The molecule has 0 aromatic heterocycles. The predicted molar refractivity (Wildman–Crippen MR) is 79.4 cm³/mol. The topological polar surface area (TPSA) is 15.3 Å². The van der Waals surface area contributed by atoms with Gasteiger partial charge in [-0.25, -0.2) is 0 Å². The molecule has 0 saturated carbocycles. The fraction of sp³-hybridized carbons (Fsp3) is 0.600. The summed E-state index contributed by atoms with van der Waals surface area (Å²) in [4.78, 5) is 2.51. The van der Waals surface area contributed by atoms with Crippen molar-refractivity contribution < 1.29 is 0 Å². The first-order chi connectivity index (χ1) is 8.63. The Kier molecular flexibility index (Phi) is 4.52. The standard InChI is InChI=1S/C15H23ClN2/c1-11-7-8-18(12(2)9-11)15-6-4-5-14(16)13(15)10-17-3/h4-6,11-12,17H,7-10H2,1-3H3. The Bertz CT molecular complexity index is 405. The number of piperidine rings is 1. The van der Waals surface area contributed by atoms with Crippen LogP contribution in [0, 0.1) is 5.92 Å². The molecule has 2 atom stereocenters. The molecule has 1 heterocycles. The first kappa shape index (κ1) is 13.7. The molecule has 1 aliphatic heterocycles. The third kappa shape index (κ3) is 2.81. The number of rotatable bonds is 3. The highest BCUT2D eigenvalue weighted by molar-refractivity contribution is 6.31. The van der Waals surface area contributed by atoms with Gasteiger partial charge in [0.25, 0.3) is 0 Å². The summed E-state index contributed by atoms with van der Waals surface area (Å²) in [6.07, 6.45) is 2.54. The van der Waals surface area contributed by atoms with Gasteiger partial charge >= 0.3 is 0 Å². The van der Waals surface area contributed by atoms with E-state index in [-0.39, 0.29) is 0 Å². The van der Waals surface area contributed by atoms with Crippen molar-refractivity contribution in [3.05, 3.63) is 28.8 Å². The van der Waals surface area contributed by atoms with Gasteiger partial charge in [0, 0.05) is 35.4 Å². The summed E-state index contributed by atoms with van der Waals surface area (Å²) in [6.45, 7) is 6.63. The third-order valence-electron chi connectivity index (χ3n) is 3.90. The van der Waals surface area contributed by atoms with Gasteiger partial charge in [-0.2, -0.15) is 0 Å². The lowest BCUT2D eigenvalue weighted by atomic mass is 9.92. The maximum atomic E-state index is 6.34. The normalized spacial score (nSPS) is 24.3. The minimum absolute atomic E-state index is 0.600. The lowest BCUT2D eigenvalue weighted by molar-refractivity contribution is 0.377. The molecule has 0 aliphatic carbocycles. The van der Waals surface area contributed by atoms with E-state index in [4.69, 9.17) is 11.6 Å². The molecule has 0 amide bonds. The van der Waals surface area contributed by atoms with Crippen LogP contribution in [0.4, 0.5) is 5.69 Å². The molecule has 1 saturated heterocycles. The average Bonchev–Trinajstić information content (AvgIpc) is 2.32. The second-order valence-corrected chi connectivity index (χ2v) is 5.85. The van der Waals surface area contributed by atoms with Crippen LogP contribution in [0.15, 0.2) is 18.2 Å². The van der Waals surface area contributed by atoms with Crippen LogP contribution in [0.25, 0.3) is 0 Å². The summed E-state index contributed by atoms with van der Waals surface area (Å²) < 4.78 is 0. The molecular formula is C15H23ClN2. The quantitative estimate of drug-likeness (QED) is 0.898. The van der Waals surface area contributed by atoms with E-state index in [0.717, 1.165) is 24.0 Å². The molecule has 1 N–H and O–H groups in total. The number of benzene rings is 1. The summed E-state index contributed by atoms with van der Waals surface area (Å²) in [5, 5.41) is 4.09. The smallest absolute Gasteiger partial charge is 0.0471 e. The van der Waals surface area contributed by atoms with Crippen LogP contribution in [0.1, 0.15) is 32.3 Å². The van der Waals surface area contributed by atoms with E-state index in [1.165, 1.54) is 24.1 Å². The monoisotopic (exact) mass is 266 g/mol. The first-order valence-electron chi connectivity index (χ1n) is 6.82. The van der Waals surface area contributed by atoms with Crippen LogP contribution in [0.2, 0.25) is 5.02 Å². The van der Waals surface area contributed by atoms with E-state index in [1.807, 2.05) is 13.1 Å². The number of anilines is 1. The molecule has 2 nitrogen and oxygen atoms in total. The summed E-state index contributed by atoms with van der Waals surface area (Å²) in [5.41, 5.74) is 2.53. The summed E-state index contributed by atoms with van der Waals surface area (Å²) >= 11 is 6.34. The SMILES string of the molecule is CNCc1c(Cl)cccc1N1CCC(C)CC1C. The third-order valence-corrected chi connectivity index (χ3v) is 4.25. The van der Waals surface area contributed by atoms with Gasteiger partial charge in [0.2, 0.25) is 0 Å². The van der Waals surface area contributed by atoms with Gasteiger partial charge in [0.05, 0.1) is 0 Å². The molecular weight excluding hydrogens is 244 g/mol. The molecule has 100 valence electrons. The molecule has 2 rings (SSSR count). The number of halogens is 1. The van der Waals surface area contributed by atoms with Gasteiger partial charge in [0.15, 0.2) is 0 Å². The Morgan fingerprint density at radius 2 is 2.17 bits per heavy atom. The van der Waals surface area contributed by atoms with E-state index >= 15 is 0 Å². The molecule has 2 unspecified atom stereocenters. The molecule has 1 fully saturated rings. The largest absolute Gasteiger partial charge is 0.369 e. The van der Waals surface area contributed by atoms with Crippen molar-refractivity contribution in [2.75, 3.05) is 18.5 Å². The van der Waals surface area contributed by atoms with Crippen LogP contribution in [-0.2, 0) is 6.54 Å². The lowest BCUT2D eigenvalue weighted by Gasteiger charge is -2.39. The van der Waals surface area contributed by atoms with E-state index < -0.39 is 0 Å². The van der Waals surface area contributed by atoms with Crippen molar-refractivity contribution in [1.82, 2.24) is 5.32 Å². The zero-order chi connectivity index (χ0) is 13.1. The Balaban J connectivity index is 2.29. The zero-order valence-electron chi connectivity index (χ0n) is 11.5. The van der Waals surface area contributed by atoms with Crippen LogP contribution in [-0.4, -0.2) is 19.6 Å². The van der Waals surface area contributed by atoms with E-state index in [1.54, 1.807) is 0 Å². The Hall–Kier alpha value is -0.730. The molecule has 0 bridgehead atoms. The molecule has 0 radical (unpaired) electrons. The van der Waals surface area contributed by atoms with Crippen LogP contribution < -0.4 is 10.2 Å². The van der Waals surface area contributed by atoms with Gasteiger partial charge in [-0.15, -0.1) is 0 Å². The Morgan fingerprint density at radius 3 is 2.83 bits per heavy atom. The van der Waals surface area contributed by atoms with Gasteiger partial charge in [0.1, 0.15) is 0 Å². The summed E-state index contributed by atoms with van der Waals surface area (Å²) in [5.74, 6) is 0.836. The highest BCUT2D eigenvalue weighted by Gasteiger charge is 2.24. The van der Waals surface area contributed by atoms with Crippen LogP contribution >= 0.6 is 11.6 Å². The second-order valence-electron chi connectivity index (χ2n) is 5.44. The molecule has 18 heavy (non-hydrogen) atoms. The van der Waals surface area contributed by atoms with Gasteiger partial charge < -0.3 is 10.2 Å². The Labute approximate surface area is 115 Å². The first-order valence-corrected chi connectivity index (χ1v) is 7.20. The van der Waals surface area contributed by atoms with E-state index in [2.05, 4.69) is 36.2 Å². The number of hydrogen-bond acceptors (Lipinski definition) is 2. The van der Waals surface area contributed by atoms with E-state index in [0.29, 0.717) is 6.04 Å². The van der Waals surface area contributed by atoms with Crippen molar-refractivity contribution in [2.24, 2.45) is 5.92 Å². The van der Waals surface area contributed by atoms with Crippen molar-refractivity contribution in [2.45, 2.75) is 39.3 Å². The summed E-state index contributed by atoms with van der Waals surface area (Å²) in [7, 11) is 1.97. The Morgan fingerprint density at radius 1 is 1.39 bits per heavy atom. The molecule has 1 aliphatic rings. The van der Waals surface area contributed by atoms with Crippen molar-refractivity contribution in [3.8, 4) is 0 Å². The maximum Gasteiger partial charge on any atom is 0.0471 e. The molecule has 1 aromatic carbocycles. The predicted octanol–water partition coefficient (Wildman–Crippen LogP) is 3.68. The van der Waals surface area contributed by atoms with Crippen molar-refractivity contribution in [3.63, 3.8) is 0 Å². The molecule has 3 heteroatoms. The number of hydrogen-bond donors (Lipinski definition) is 1. The average molecular weight is 267 g/mol. The van der Waals surface area contributed by atoms with E-state index in [9.17, 15) is 0 Å². The summed E-state index contributed by atoms with van der Waals surface area (Å²) in [6, 6.07) is 6.84. The minimum atomic E-state index is 0.600. The number of nitrogens with one attached hydrogen (secondary N) is 1. The highest BCUT2D eigenvalue weighted by Crippen LogP contribution is 2.33. The van der Waals surface area contributed by atoms with Gasteiger partial charge in [-0.3, -0.25) is 0 Å². The van der Waals surface area contributed by atoms with Gasteiger partial charge in [-0.1, -0.05) is 24.6 Å².